The molecule has 3 heteroatoms. The zero-order valence-electron chi connectivity index (χ0n) is 14.1. The predicted molar refractivity (Wildman–Crippen MR) is 93.6 cm³/mol. The van der Waals surface area contributed by atoms with E-state index < -0.39 is 5.60 Å². The first-order chi connectivity index (χ1) is 11.7. The first kappa shape index (κ1) is 15.4. The number of ether oxygens (including phenoxy) is 1. The van der Waals surface area contributed by atoms with Crippen LogP contribution in [0.1, 0.15) is 55.1 Å². The van der Waals surface area contributed by atoms with E-state index in [1.165, 1.54) is 24.1 Å². The van der Waals surface area contributed by atoms with Gasteiger partial charge in [-0.05, 0) is 56.6 Å². The van der Waals surface area contributed by atoms with Gasteiger partial charge in [-0.3, -0.25) is 4.98 Å². The van der Waals surface area contributed by atoms with Crippen molar-refractivity contribution in [2.24, 2.45) is 0 Å². The third-order valence-electron chi connectivity index (χ3n) is 5.37. The SMILES string of the molecule is CC1(c2nc3c(c(-c4ccccc4)c2C#N)CCCC3)CCCO1. The summed E-state index contributed by atoms with van der Waals surface area (Å²) in [5, 5.41) is 9.99. The van der Waals surface area contributed by atoms with E-state index in [0.717, 1.165) is 49.1 Å². The number of aromatic nitrogens is 1. The van der Waals surface area contributed by atoms with E-state index in [2.05, 4.69) is 25.1 Å². The van der Waals surface area contributed by atoms with Crippen molar-refractivity contribution in [3.05, 3.63) is 52.8 Å². The fraction of sp³-hybridized carbons (Fsp3) is 0.429. The van der Waals surface area contributed by atoms with Crippen molar-refractivity contribution < 1.29 is 4.74 Å². The van der Waals surface area contributed by atoms with Crippen molar-refractivity contribution in [1.82, 2.24) is 4.98 Å². The van der Waals surface area contributed by atoms with Gasteiger partial charge in [0.2, 0.25) is 0 Å². The van der Waals surface area contributed by atoms with Crippen LogP contribution in [0.15, 0.2) is 30.3 Å². The maximum Gasteiger partial charge on any atom is 0.109 e. The van der Waals surface area contributed by atoms with Crippen molar-refractivity contribution >= 4 is 0 Å². The maximum absolute atomic E-state index is 9.99. The molecule has 2 heterocycles. The van der Waals surface area contributed by atoms with Gasteiger partial charge in [-0.1, -0.05) is 30.3 Å². The minimum absolute atomic E-state index is 0.429. The molecular formula is C21H22N2O. The number of hydrogen-bond acceptors (Lipinski definition) is 3. The lowest BCUT2D eigenvalue weighted by Crippen LogP contribution is -2.26. The van der Waals surface area contributed by atoms with Crippen molar-refractivity contribution in [3.63, 3.8) is 0 Å². The lowest BCUT2D eigenvalue weighted by atomic mass is 9.82. The molecule has 0 saturated carbocycles. The minimum Gasteiger partial charge on any atom is -0.369 e. The minimum atomic E-state index is -0.429. The number of aryl methyl sites for hydroxylation is 1. The van der Waals surface area contributed by atoms with Crippen LogP contribution in [0, 0.1) is 11.3 Å². The van der Waals surface area contributed by atoms with Crippen LogP contribution < -0.4 is 0 Å². The summed E-state index contributed by atoms with van der Waals surface area (Å²) >= 11 is 0. The zero-order valence-corrected chi connectivity index (χ0v) is 14.1. The number of pyridine rings is 1. The molecule has 4 rings (SSSR count). The van der Waals surface area contributed by atoms with Gasteiger partial charge in [0.1, 0.15) is 11.7 Å². The molecule has 1 fully saturated rings. The smallest absolute Gasteiger partial charge is 0.109 e. The number of rotatable bonds is 2. The second-order valence-corrected chi connectivity index (χ2v) is 7.00. The van der Waals surface area contributed by atoms with Crippen LogP contribution in [0.25, 0.3) is 11.1 Å². The van der Waals surface area contributed by atoms with Crippen molar-refractivity contribution in [3.8, 4) is 17.2 Å². The Balaban J connectivity index is 2.01. The summed E-state index contributed by atoms with van der Waals surface area (Å²) in [5.41, 5.74) is 5.79. The van der Waals surface area contributed by atoms with Crippen LogP contribution in [0.5, 0.6) is 0 Å². The lowest BCUT2D eigenvalue weighted by molar-refractivity contribution is 0.0128. The Bertz CT molecular complexity index is 799. The third-order valence-corrected chi connectivity index (χ3v) is 5.37. The number of benzene rings is 1. The largest absolute Gasteiger partial charge is 0.369 e. The van der Waals surface area contributed by atoms with Crippen LogP contribution in [0.4, 0.5) is 0 Å². The van der Waals surface area contributed by atoms with Crippen LogP contribution in [0.3, 0.4) is 0 Å². The number of fused-ring (bicyclic) bond motifs is 1. The molecule has 1 aliphatic heterocycles. The highest BCUT2D eigenvalue weighted by atomic mass is 16.5. The van der Waals surface area contributed by atoms with E-state index in [1.807, 2.05) is 18.2 Å². The molecule has 1 aromatic heterocycles. The molecule has 0 spiro atoms. The van der Waals surface area contributed by atoms with Crippen molar-refractivity contribution in [2.45, 2.75) is 51.0 Å². The molecule has 0 amide bonds. The average molecular weight is 318 g/mol. The quantitative estimate of drug-likeness (QED) is 0.817. The number of nitrogens with zero attached hydrogens (tertiary/aromatic N) is 2. The molecule has 3 nitrogen and oxygen atoms in total. The first-order valence-electron chi connectivity index (χ1n) is 8.88. The van der Waals surface area contributed by atoms with Gasteiger partial charge in [0, 0.05) is 17.9 Å². The average Bonchev–Trinajstić information content (AvgIpc) is 3.08. The second-order valence-electron chi connectivity index (χ2n) is 7.00. The fourth-order valence-electron chi connectivity index (χ4n) is 4.12. The number of nitriles is 1. The normalized spacial score (nSPS) is 22.8. The van der Waals surface area contributed by atoms with Gasteiger partial charge in [0.05, 0.1) is 11.3 Å². The topological polar surface area (TPSA) is 45.9 Å². The van der Waals surface area contributed by atoms with Crippen LogP contribution >= 0.6 is 0 Å². The summed E-state index contributed by atoms with van der Waals surface area (Å²) in [5.74, 6) is 0. The van der Waals surface area contributed by atoms with Gasteiger partial charge in [-0.2, -0.15) is 5.26 Å². The summed E-state index contributed by atoms with van der Waals surface area (Å²) in [4.78, 5) is 4.98. The monoisotopic (exact) mass is 318 g/mol. The fourth-order valence-corrected chi connectivity index (χ4v) is 4.12. The van der Waals surface area contributed by atoms with E-state index in [-0.39, 0.29) is 0 Å². The van der Waals surface area contributed by atoms with Crippen LogP contribution in [0.2, 0.25) is 0 Å². The standard InChI is InChI=1S/C21H22N2O/c1-21(12-7-13-24-21)20-17(14-22)19(15-8-3-2-4-9-15)16-10-5-6-11-18(16)23-20/h2-4,8-9H,5-7,10-13H2,1H3. The molecule has 1 saturated heterocycles. The molecule has 1 aliphatic carbocycles. The van der Waals surface area contributed by atoms with Gasteiger partial charge in [0.15, 0.2) is 0 Å². The molecule has 1 atom stereocenters. The summed E-state index contributed by atoms with van der Waals surface area (Å²) in [6, 6.07) is 12.8. The Kier molecular flexibility index (Phi) is 3.86. The van der Waals surface area contributed by atoms with Crippen molar-refractivity contribution in [1.29, 1.82) is 5.26 Å². The van der Waals surface area contributed by atoms with E-state index in [0.29, 0.717) is 5.56 Å². The molecule has 0 N–H and O–H groups in total. The van der Waals surface area contributed by atoms with E-state index in [4.69, 9.17) is 9.72 Å². The molecule has 2 aromatic rings. The van der Waals surface area contributed by atoms with E-state index in [1.54, 1.807) is 0 Å². The molecule has 0 bridgehead atoms. The van der Waals surface area contributed by atoms with Gasteiger partial charge in [-0.15, -0.1) is 0 Å². The number of hydrogen-bond donors (Lipinski definition) is 0. The summed E-state index contributed by atoms with van der Waals surface area (Å²) < 4.78 is 6.04. The maximum atomic E-state index is 9.99. The predicted octanol–water partition coefficient (Wildman–Crippen LogP) is 4.52. The van der Waals surface area contributed by atoms with E-state index >= 15 is 0 Å². The Morgan fingerprint density at radius 1 is 1.12 bits per heavy atom. The van der Waals surface area contributed by atoms with Gasteiger partial charge in [0.25, 0.3) is 0 Å². The van der Waals surface area contributed by atoms with Crippen molar-refractivity contribution in [2.75, 3.05) is 6.61 Å². The molecule has 1 aromatic carbocycles. The zero-order chi connectivity index (χ0) is 16.6. The summed E-state index contributed by atoms with van der Waals surface area (Å²) in [6.07, 6.45) is 6.33. The highest BCUT2D eigenvalue weighted by molar-refractivity contribution is 5.76. The van der Waals surface area contributed by atoms with Crippen LogP contribution in [-0.2, 0) is 23.2 Å². The van der Waals surface area contributed by atoms with Gasteiger partial charge < -0.3 is 4.74 Å². The summed E-state index contributed by atoms with van der Waals surface area (Å²) in [7, 11) is 0. The molecular weight excluding hydrogens is 296 g/mol. The summed E-state index contributed by atoms with van der Waals surface area (Å²) in [6.45, 7) is 2.84. The van der Waals surface area contributed by atoms with Gasteiger partial charge in [-0.25, -0.2) is 0 Å². The highest BCUT2D eigenvalue weighted by Crippen LogP contribution is 2.42. The molecule has 122 valence electrons. The third kappa shape index (κ3) is 2.42. The Morgan fingerprint density at radius 2 is 1.92 bits per heavy atom. The Labute approximate surface area is 143 Å². The molecule has 0 radical (unpaired) electrons. The Morgan fingerprint density at radius 3 is 2.62 bits per heavy atom. The molecule has 2 aliphatic rings. The Hall–Kier alpha value is -2.18. The second kappa shape index (κ2) is 6.03. The highest BCUT2D eigenvalue weighted by Gasteiger charge is 2.38. The molecule has 1 unspecified atom stereocenters. The van der Waals surface area contributed by atoms with Gasteiger partial charge >= 0.3 is 0 Å². The van der Waals surface area contributed by atoms with E-state index in [9.17, 15) is 5.26 Å². The first-order valence-corrected chi connectivity index (χ1v) is 8.88. The van der Waals surface area contributed by atoms with Crippen LogP contribution in [-0.4, -0.2) is 11.6 Å². The lowest BCUT2D eigenvalue weighted by Gasteiger charge is -2.29. The molecule has 24 heavy (non-hydrogen) atoms.